The highest BCUT2D eigenvalue weighted by Gasteiger charge is 2.09. The van der Waals surface area contributed by atoms with E-state index in [-0.39, 0.29) is 12.5 Å². The third-order valence-electron chi connectivity index (χ3n) is 4.02. The Morgan fingerprint density at radius 2 is 2.08 bits per heavy atom. The quantitative estimate of drug-likeness (QED) is 0.722. The van der Waals surface area contributed by atoms with Crippen LogP contribution in [0.4, 0.5) is 0 Å². The Balaban J connectivity index is 1.45. The highest BCUT2D eigenvalue weighted by atomic mass is 16.5. The molecule has 26 heavy (non-hydrogen) atoms. The van der Waals surface area contributed by atoms with Gasteiger partial charge in [0.15, 0.2) is 0 Å². The van der Waals surface area contributed by atoms with E-state index < -0.39 is 0 Å². The van der Waals surface area contributed by atoms with Crippen molar-refractivity contribution in [3.63, 3.8) is 0 Å². The first-order valence-corrected chi connectivity index (χ1v) is 8.44. The number of para-hydroxylation sites is 1. The van der Waals surface area contributed by atoms with Crippen LogP contribution in [0.15, 0.2) is 48.8 Å². The smallest absolute Gasteiger partial charge is 0.225 e. The molecule has 132 valence electrons. The number of fused-ring (bicyclic) bond motifs is 1. The Hall–Kier alpha value is -3.26. The van der Waals surface area contributed by atoms with Gasteiger partial charge in [-0.25, -0.2) is 0 Å². The molecule has 2 heterocycles. The van der Waals surface area contributed by atoms with Crippen LogP contribution in [-0.4, -0.2) is 28.6 Å². The number of carbonyl (C=O) groups excluding carboxylic acids is 1. The minimum absolute atomic E-state index is 0.0423. The van der Waals surface area contributed by atoms with Crippen molar-refractivity contribution >= 4 is 16.8 Å². The maximum Gasteiger partial charge on any atom is 0.225 e. The molecule has 2 aromatic heterocycles. The van der Waals surface area contributed by atoms with Gasteiger partial charge in [-0.05, 0) is 30.7 Å². The lowest BCUT2D eigenvalue weighted by atomic mass is 10.1. The zero-order chi connectivity index (χ0) is 18.4. The van der Waals surface area contributed by atoms with Crippen molar-refractivity contribution in [2.24, 2.45) is 7.05 Å². The maximum atomic E-state index is 12.1. The topological polar surface area (TPSA) is 56.1 Å². The van der Waals surface area contributed by atoms with Crippen molar-refractivity contribution in [3.8, 4) is 17.6 Å². The number of hydrogen-bond acceptors (Lipinski definition) is 3. The lowest BCUT2D eigenvalue weighted by Gasteiger charge is -2.01. The Labute approximate surface area is 153 Å². The summed E-state index contributed by atoms with van der Waals surface area (Å²) in [6.45, 7) is 2.49. The van der Waals surface area contributed by atoms with E-state index in [1.165, 1.54) is 0 Å². The molecule has 1 aromatic carbocycles. The van der Waals surface area contributed by atoms with Crippen molar-refractivity contribution in [1.29, 1.82) is 0 Å². The molecule has 5 nitrogen and oxygen atoms in total. The number of aryl methyl sites for hydroxylation is 2. The average molecular weight is 347 g/mol. The van der Waals surface area contributed by atoms with Gasteiger partial charge in [0.25, 0.3) is 0 Å². The summed E-state index contributed by atoms with van der Waals surface area (Å²) >= 11 is 0. The fourth-order valence-electron chi connectivity index (χ4n) is 2.72. The molecular formula is C21H21N3O2. The zero-order valence-electron chi connectivity index (χ0n) is 15.0. The second-order valence-electron chi connectivity index (χ2n) is 6.01. The number of benzene rings is 1. The SMILES string of the molecule is Cc1ccc(OCC#CCNC(=O)Cc2cn(C)c3ccccc23)cn1. The highest BCUT2D eigenvalue weighted by molar-refractivity contribution is 5.89. The molecule has 0 radical (unpaired) electrons. The molecule has 0 saturated carbocycles. The largest absolute Gasteiger partial charge is 0.479 e. The molecule has 0 spiro atoms. The summed E-state index contributed by atoms with van der Waals surface area (Å²) < 4.78 is 7.50. The van der Waals surface area contributed by atoms with Gasteiger partial charge >= 0.3 is 0 Å². The monoisotopic (exact) mass is 347 g/mol. The fraction of sp³-hybridized carbons (Fsp3) is 0.238. The minimum atomic E-state index is -0.0423. The second kappa shape index (κ2) is 8.21. The number of nitrogens with one attached hydrogen (secondary N) is 1. The molecule has 0 unspecified atom stereocenters. The molecule has 0 bridgehead atoms. The summed E-state index contributed by atoms with van der Waals surface area (Å²) in [5.74, 6) is 6.42. The lowest BCUT2D eigenvalue weighted by molar-refractivity contribution is -0.120. The number of nitrogens with zero attached hydrogens (tertiary/aromatic N) is 2. The Morgan fingerprint density at radius 3 is 2.88 bits per heavy atom. The van der Waals surface area contributed by atoms with Crippen molar-refractivity contribution in [1.82, 2.24) is 14.9 Å². The van der Waals surface area contributed by atoms with Gasteiger partial charge in [-0.15, -0.1) is 0 Å². The molecule has 0 atom stereocenters. The van der Waals surface area contributed by atoms with E-state index in [2.05, 4.69) is 22.1 Å². The molecule has 0 aliphatic heterocycles. The summed E-state index contributed by atoms with van der Waals surface area (Å²) in [5, 5.41) is 3.93. The van der Waals surface area contributed by atoms with E-state index in [1.54, 1.807) is 6.20 Å². The van der Waals surface area contributed by atoms with Crippen LogP contribution in [-0.2, 0) is 18.3 Å². The van der Waals surface area contributed by atoms with Crippen molar-refractivity contribution in [2.75, 3.05) is 13.2 Å². The Morgan fingerprint density at radius 1 is 1.23 bits per heavy atom. The summed E-state index contributed by atoms with van der Waals surface area (Å²) in [7, 11) is 1.98. The van der Waals surface area contributed by atoms with Gasteiger partial charge < -0.3 is 14.6 Å². The van der Waals surface area contributed by atoms with Gasteiger partial charge in [0.05, 0.1) is 19.2 Å². The van der Waals surface area contributed by atoms with Crippen LogP contribution in [0.3, 0.4) is 0 Å². The molecule has 0 aliphatic carbocycles. The first-order chi connectivity index (χ1) is 12.6. The van der Waals surface area contributed by atoms with Crippen LogP contribution in [0.25, 0.3) is 10.9 Å². The number of hydrogen-bond donors (Lipinski definition) is 1. The van der Waals surface area contributed by atoms with Crippen LogP contribution in [0.5, 0.6) is 5.75 Å². The summed E-state index contributed by atoms with van der Waals surface area (Å²) in [4.78, 5) is 16.3. The first-order valence-electron chi connectivity index (χ1n) is 8.44. The molecule has 1 amide bonds. The predicted octanol–water partition coefficient (Wildman–Crippen LogP) is 2.62. The summed E-state index contributed by atoms with van der Waals surface area (Å²) in [5.41, 5.74) is 3.08. The van der Waals surface area contributed by atoms with Crippen LogP contribution in [0.2, 0.25) is 0 Å². The van der Waals surface area contributed by atoms with Gasteiger partial charge in [-0.3, -0.25) is 9.78 Å². The zero-order valence-corrected chi connectivity index (χ0v) is 15.0. The van der Waals surface area contributed by atoms with Crippen molar-refractivity contribution < 1.29 is 9.53 Å². The first kappa shape index (κ1) is 17.6. The number of aromatic nitrogens is 2. The predicted molar refractivity (Wildman–Crippen MR) is 102 cm³/mol. The van der Waals surface area contributed by atoms with E-state index in [0.29, 0.717) is 18.7 Å². The van der Waals surface area contributed by atoms with Gasteiger partial charge in [0, 0.05) is 29.8 Å². The molecule has 3 aromatic rings. The van der Waals surface area contributed by atoms with Crippen molar-refractivity contribution in [3.05, 3.63) is 60.0 Å². The van der Waals surface area contributed by atoms with E-state index in [0.717, 1.165) is 22.2 Å². The number of carbonyl (C=O) groups is 1. The minimum Gasteiger partial charge on any atom is -0.479 e. The number of amides is 1. The standard InChI is InChI=1S/C21H21N3O2/c1-16-9-10-18(14-23-16)26-12-6-5-11-22-21(25)13-17-15-24(2)20-8-4-3-7-19(17)20/h3-4,7-10,14-15H,11-13H2,1-2H3,(H,22,25). The maximum absolute atomic E-state index is 12.1. The number of pyridine rings is 1. The number of ether oxygens (including phenoxy) is 1. The lowest BCUT2D eigenvalue weighted by Crippen LogP contribution is -2.25. The molecule has 0 fully saturated rings. The fourth-order valence-corrected chi connectivity index (χ4v) is 2.72. The van der Waals surface area contributed by atoms with Crippen LogP contribution in [0.1, 0.15) is 11.3 Å². The molecule has 0 aliphatic rings. The van der Waals surface area contributed by atoms with Gasteiger partial charge in [0.2, 0.25) is 5.91 Å². The third kappa shape index (κ3) is 4.42. The van der Waals surface area contributed by atoms with E-state index in [1.807, 2.05) is 61.1 Å². The Kier molecular flexibility index (Phi) is 5.55. The highest BCUT2D eigenvalue weighted by Crippen LogP contribution is 2.20. The molecule has 3 rings (SSSR count). The van der Waals surface area contributed by atoms with Gasteiger partial charge in [0.1, 0.15) is 12.4 Å². The summed E-state index contributed by atoms with van der Waals surface area (Å²) in [6, 6.07) is 11.8. The third-order valence-corrected chi connectivity index (χ3v) is 4.02. The average Bonchev–Trinajstić information content (AvgIpc) is 2.95. The van der Waals surface area contributed by atoms with Crippen LogP contribution >= 0.6 is 0 Å². The van der Waals surface area contributed by atoms with E-state index in [4.69, 9.17) is 4.74 Å². The van der Waals surface area contributed by atoms with Gasteiger partial charge in [-0.1, -0.05) is 30.0 Å². The second-order valence-corrected chi connectivity index (χ2v) is 6.01. The molecule has 5 heteroatoms. The van der Waals surface area contributed by atoms with Crippen LogP contribution in [0, 0.1) is 18.8 Å². The Bertz CT molecular complexity index is 962. The molecule has 1 N–H and O–H groups in total. The molecular weight excluding hydrogens is 326 g/mol. The van der Waals surface area contributed by atoms with Gasteiger partial charge in [-0.2, -0.15) is 0 Å². The van der Waals surface area contributed by atoms with E-state index in [9.17, 15) is 4.79 Å². The normalized spacial score (nSPS) is 10.2. The molecule has 0 saturated heterocycles. The van der Waals surface area contributed by atoms with E-state index >= 15 is 0 Å². The van der Waals surface area contributed by atoms with Crippen LogP contribution < -0.4 is 10.1 Å². The van der Waals surface area contributed by atoms with Crippen molar-refractivity contribution in [2.45, 2.75) is 13.3 Å². The summed E-state index contributed by atoms with van der Waals surface area (Å²) in [6.07, 6.45) is 4.01. The number of rotatable bonds is 5.